The van der Waals surface area contributed by atoms with Crippen LogP contribution in [-0.2, 0) is 0 Å². The Morgan fingerprint density at radius 2 is 1.20 bits per heavy atom. The van der Waals surface area contributed by atoms with Gasteiger partial charge in [-0.25, -0.2) is 15.0 Å². The number of aliphatic imine (C=N–C) groups is 3. The van der Waals surface area contributed by atoms with Crippen LogP contribution in [0.25, 0.3) is 0 Å². The third-order valence-electron chi connectivity index (χ3n) is 7.78. The van der Waals surface area contributed by atoms with E-state index in [2.05, 4.69) is 84.0 Å². The molecule has 4 nitrogen and oxygen atoms in total. The Morgan fingerprint density at radius 3 is 1.86 bits per heavy atom. The van der Waals surface area contributed by atoms with Gasteiger partial charge in [-0.05, 0) is 103 Å². The van der Waals surface area contributed by atoms with Crippen molar-refractivity contribution in [1.29, 1.82) is 0 Å². The molecule has 8 bridgehead atoms. The van der Waals surface area contributed by atoms with Gasteiger partial charge in [0, 0.05) is 25.4 Å². The van der Waals surface area contributed by atoms with Crippen LogP contribution in [0.1, 0.15) is 73.6 Å². The summed E-state index contributed by atoms with van der Waals surface area (Å²) in [6.45, 7) is 13.3. The van der Waals surface area contributed by atoms with Gasteiger partial charge in [-0.3, -0.25) is 0 Å². The lowest BCUT2D eigenvalue weighted by atomic mass is 9.96. The summed E-state index contributed by atoms with van der Waals surface area (Å²) < 4.78 is 0. The molecule has 0 aromatic rings. The van der Waals surface area contributed by atoms with E-state index in [-0.39, 0.29) is 0 Å². The monoisotopic (exact) mass is 464 g/mol. The molecule has 0 radical (unpaired) electrons. The standard InChI is InChI=1S/C31H36N4/c1-8-22-18(5)26-13-20-12-21(35(7)17-20)14-27-19(6)23(9-2)29(33-27)16-31-25(11-4)24(10-3)30(34-31)15-28(22)32-26/h13-17H,8-12H2,1-7H3. The van der Waals surface area contributed by atoms with Crippen molar-refractivity contribution in [2.24, 2.45) is 15.0 Å². The number of rotatable bonds is 4. The third kappa shape index (κ3) is 3.89. The average molecular weight is 465 g/mol. The second-order valence-corrected chi connectivity index (χ2v) is 9.79. The Bertz CT molecular complexity index is 1360. The maximum Gasteiger partial charge on any atom is 0.0694 e. The van der Waals surface area contributed by atoms with Crippen molar-refractivity contribution in [2.45, 2.75) is 73.6 Å². The van der Waals surface area contributed by atoms with Crippen molar-refractivity contribution >= 4 is 17.1 Å². The fourth-order valence-electron chi connectivity index (χ4n) is 5.81. The van der Waals surface area contributed by atoms with Crippen LogP contribution in [0.4, 0.5) is 0 Å². The largest absolute Gasteiger partial charge is 0.354 e. The zero-order chi connectivity index (χ0) is 24.9. The number of hydrogen-bond donors (Lipinski definition) is 0. The van der Waals surface area contributed by atoms with Gasteiger partial charge in [0.25, 0.3) is 0 Å². The summed E-state index contributed by atoms with van der Waals surface area (Å²) in [6, 6.07) is 0. The van der Waals surface area contributed by atoms with Crippen LogP contribution in [0.2, 0.25) is 0 Å². The van der Waals surface area contributed by atoms with E-state index in [0.29, 0.717) is 0 Å². The molecule has 0 saturated carbocycles. The molecule has 5 heterocycles. The average Bonchev–Trinajstić information content (AvgIpc) is 3.52. The van der Waals surface area contributed by atoms with Gasteiger partial charge in [0.15, 0.2) is 0 Å². The Labute approximate surface area is 210 Å². The van der Waals surface area contributed by atoms with Crippen LogP contribution < -0.4 is 0 Å². The van der Waals surface area contributed by atoms with E-state index < -0.39 is 0 Å². The van der Waals surface area contributed by atoms with Crippen molar-refractivity contribution < 1.29 is 0 Å². The second kappa shape index (κ2) is 9.07. The summed E-state index contributed by atoms with van der Waals surface area (Å²) >= 11 is 0. The molecule has 0 unspecified atom stereocenters. The molecule has 0 N–H and O–H groups in total. The first-order valence-electron chi connectivity index (χ1n) is 13.1. The van der Waals surface area contributed by atoms with Gasteiger partial charge in [0.2, 0.25) is 0 Å². The lowest BCUT2D eigenvalue weighted by Gasteiger charge is -2.11. The molecule has 4 heteroatoms. The summed E-state index contributed by atoms with van der Waals surface area (Å²) in [5.41, 5.74) is 16.8. The maximum atomic E-state index is 5.17. The van der Waals surface area contributed by atoms with Gasteiger partial charge in [-0.2, -0.15) is 0 Å². The highest BCUT2D eigenvalue weighted by Crippen LogP contribution is 2.38. The number of nitrogens with zero attached hydrogens (tertiary/aromatic N) is 4. The summed E-state index contributed by atoms with van der Waals surface area (Å²) in [6.07, 6.45) is 15.9. The minimum absolute atomic E-state index is 0.891. The van der Waals surface area contributed by atoms with Crippen LogP contribution in [0, 0.1) is 0 Å². The van der Waals surface area contributed by atoms with Gasteiger partial charge >= 0.3 is 0 Å². The highest BCUT2D eigenvalue weighted by atomic mass is 15.1. The van der Waals surface area contributed by atoms with Crippen molar-refractivity contribution in [3.63, 3.8) is 0 Å². The lowest BCUT2D eigenvalue weighted by Crippen LogP contribution is -2.07. The van der Waals surface area contributed by atoms with E-state index in [1.165, 1.54) is 44.7 Å². The van der Waals surface area contributed by atoms with Gasteiger partial charge in [0.05, 0.1) is 34.2 Å². The van der Waals surface area contributed by atoms with Crippen LogP contribution in [-0.4, -0.2) is 29.1 Å². The topological polar surface area (TPSA) is 40.3 Å². The molecule has 180 valence electrons. The first kappa shape index (κ1) is 23.5. The van der Waals surface area contributed by atoms with Crippen LogP contribution in [0.5, 0.6) is 0 Å². The van der Waals surface area contributed by atoms with Crippen molar-refractivity contribution in [2.75, 3.05) is 7.05 Å². The molecule has 0 aliphatic carbocycles. The van der Waals surface area contributed by atoms with Crippen molar-refractivity contribution in [1.82, 2.24) is 4.90 Å². The van der Waals surface area contributed by atoms with E-state index >= 15 is 0 Å². The summed E-state index contributed by atoms with van der Waals surface area (Å²) in [7, 11) is 2.13. The SMILES string of the molecule is CCC1=C(C)C2=NC1=CC1=NC(=CC3=NC(=CC4=CN(C)C(=C2)C4)C(C)=C3CC)C(CC)=C1CC. The number of fused-ring (bicyclic) bond motifs is 5. The molecule has 0 amide bonds. The van der Waals surface area contributed by atoms with Crippen LogP contribution in [0.3, 0.4) is 0 Å². The minimum Gasteiger partial charge on any atom is -0.354 e. The summed E-state index contributed by atoms with van der Waals surface area (Å²) in [4.78, 5) is 17.6. The molecule has 0 fully saturated rings. The zero-order valence-electron chi connectivity index (χ0n) is 22.2. The molecule has 0 aromatic carbocycles. The van der Waals surface area contributed by atoms with Gasteiger partial charge in [-0.15, -0.1) is 0 Å². The van der Waals surface area contributed by atoms with Gasteiger partial charge in [0.1, 0.15) is 0 Å². The summed E-state index contributed by atoms with van der Waals surface area (Å²) in [5, 5.41) is 0. The van der Waals surface area contributed by atoms with Crippen molar-refractivity contribution in [3.05, 3.63) is 92.3 Å². The predicted octanol–water partition coefficient (Wildman–Crippen LogP) is 7.69. The molecule has 0 saturated heterocycles. The minimum atomic E-state index is 0.891. The zero-order valence-corrected chi connectivity index (χ0v) is 22.2. The molecule has 35 heavy (non-hydrogen) atoms. The molecule has 5 rings (SSSR count). The predicted molar refractivity (Wildman–Crippen MR) is 149 cm³/mol. The van der Waals surface area contributed by atoms with Gasteiger partial charge < -0.3 is 4.90 Å². The fraction of sp³-hybridized carbons (Fsp3) is 0.387. The Kier molecular flexibility index (Phi) is 6.08. The van der Waals surface area contributed by atoms with Crippen LogP contribution in [0.15, 0.2) is 107 Å². The highest BCUT2D eigenvalue weighted by Gasteiger charge is 2.27. The number of hydrogen-bond acceptors (Lipinski definition) is 4. The lowest BCUT2D eigenvalue weighted by molar-refractivity contribution is 0.586. The Balaban J connectivity index is 1.77. The number of allylic oxidation sites excluding steroid dienone is 11. The molecule has 5 aliphatic rings. The normalized spacial score (nSPS) is 21.7. The van der Waals surface area contributed by atoms with Gasteiger partial charge in [-0.1, -0.05) is 27.7 Å². The quantitative estimate of drug-likeness (QED) is 0.420. The molecule has 0 atom stereocenters. The smallest absolute Gasteiger partial charge is 0.0694 e. The molecular formula is C31H36N4. The van der Waals surface area contributed by atoms with E-state index in [0.717, 1.165) is 66.3 Å². The van der Waals surface area contributed by atoms with E-state index in [1.54, 1.807) is 0 Å². The molecule has 5 aliphatic heterocycles. The first-order chi connectivity index (χ1) is 16.9. The Morgan fingerprint density at radius 1 is 0.629 bits per heavy atom. The molecule has 0 aromatic heterocycles. The summed E-state index contributed by atoms with van der Waals surface area (Å²) in [5.74, 6) is 0. The second-order valence-electron chi connectivity index (χ2n) is 9.79. The van der Waals surface area contributed by atoms with E-state index in [4.69, 9.17) is 15.0 Å². The van der Waals surface area contributed by atoms with E-state index in [9.17, 15) is 0 Å². The molecule has 0 spiro atoms. The highest BCUT2D eigenvalue weighted by molar-refractivity contribution is 6.18. The third-order valence-corrected chi connectivity index (χ3v) is 7.78. The van der Waals surface area contributed by atoms with E-state index in [1.807, 2.05) is 0 Å². The van der Waals surface area contributed by atoms with Crippen LogP contribution >= 0.6 is 0 Å². The Hall–Kier alpha value is -3.27. The maximum absolute atomic E-state index is 5.17. The molecular weight excluding hydrogens is 428 g/mol. The fourth-order valence-corrected chi connectivity index (χ4v) is 5.81. The van der Waals surface area contributed by atoms with Crippen molar-refractivity contribution in [3.8, 4) is 0 Å². The first-order valence-corrected chi connectivity index (χ1v) is 13.1.